The smallest absolute Gasteiger partial charge is 0.255 e. The van der Waals surface area contributed by atoms with Gasteiger partial charge in [-0.15, -0.1) is 0 Å². The SMILES string of the molecule is COc1cc(N)c(Cl)cc1C(=O)N[C@H]1CCN(CCNC(=O)C(CO)c2ccccc2)C[C@H]1OC. The maximum absolute atomic E-state index is 12.9. The van der Waals surface area contributed by atoms with E-state index < -0.39 is 5.92 Å². The van der Waals surface area contributed by atoms with Crippen molar-refractivity contribution >= 4 is 29.1 Å². The summed E-state index contributed by atoms with van der Waals surface area (Å²) in [5.41, 5.74) is 7.24. The molecule has 190 valence electrons. The molecule has 1 aliphatic rings. The minimum Gasteiger partial charge on any atom is -0.496 e. The van der Waals surface area contributed by atoms with E-state index in [0.717, 1.165) is 12.1 Å². The van der Waals surface area contributed by atoms with E-state index in [1.165, 1.54) is 19.2 Å². The molecule has 0 aromatic heterocycles. The highest BCUT2D eigenvalue weighted by atomic mass is 35.5. The highest BCUT2D eigenvalue weighted by Crippen LogP contribution is 2.29. The predicted molar refractivity (Wildman–Crippen MR) is 135 cm³/mol. The second-order valence-corrected chi connectivity index (χ2v) is 8.86. The van der Waals surface area contributed by atoms with Gasteiger partial charge in [-0.05, 0) is 18.1 Å². The van der Waals surface area contributed by atoms with Crippen molar-refractivity contribution in [2.75, 3.05) is 52.7 Å². The molecule has 1 saturated heterocycles. The summed E-state index contributed by atoms with van der Waals surface area (Å²) in [4.78, 5) is 27.7. The number of nitrogens with two attached hydrogens (primary N) is 1. The first-order valence-electron chi connectivity index (χ1n) is 11.5. The zero-order valence-electron chi connectivity index (χ0n) is 20.0. The number of piperidine rings is 1. The number of nitrogen functional groups attached to an aromatic ring is 1. The number of nitrogens with one attached hydrogen (secondary N) is 2. The van der Waals surface area contributed by atoms with Crippen LogP contribution in [0.4, 0.5) is 5.69 Å². The van der Waals surface area contributed by atoms with Crippen LogP contribution in [0.25, 0.3) is 0 Å². The van der Waals surface area contributed by atoms with Gasteiger partial charge in [-0.3, -0.25) is 14.5 Å². The molecule has 2 aromatic rings. The molecule has 1 heterocycles. The normalized spacial score (nSPS) is 19.1. The maximum Gasteiger partial charge on any atom is 0.255 e. The molecule has 0 bridgehead atoms. The Labute approximate surface area is 210 Å². The van der Waals surface area contributed by atoms with Crippen molar-refractivity contribution < 1.29 is 24.2 Å². The fourth-order valence-corrected chi connectivity index (χ4v) is 4.40. The molecule has 9 nitrogen and oxygen atoms in total. The molecule has 10 heteroatoms. The topological polar surface area (TPSA) is 126 Å². The Morgan fingerprint density at radius 2 is 2.00 bits per heavy atom. The Bertz CT molecular complexity index is 1010. The molecule has 0 radical (unpaired) electrons. The zero-order chi connectivity index (χ0) is 25.4. The predicted octanol–water partition coefficient (Wildman–Crippen LogP) is 1.64. The summed E-state index contributed by atoms with van der Waals surface area (Å²) in [5.74, 6) is -0.765. The zero-order valence-corrected chi connectivity index (χ0v) is 20.8. The Balaban J connectivity index is 1.52. The number of methoxy groups -OCH3 is 2. The van der Waals surface area contributed by atoms with Crippen LogP contribution in [0.2, 0.25) is 5.02 Å². The van der Waals surface area contributed by atoms with Gasteiger partial charge in [0.05, 0.1) is 48.1 Å². The number of halogens is 1. The van der Waals surface area contributed by atoms with Gasteiger partial charge in [0.15, 0.2) is 0 Å². The van der Waals surface area contributed by atoms with Crippen LogP contribution < -0.4 is 21.1 Å². The number of carbonyl (C=O) groups excluding carboxylic acids is 2. The highest BCUT2D eigenvalue weighted by Gasteiger charge is 2.31. The molecule has 1 fully saturated rings. The molecule has 0 aliphatic carbocycles. The molecule has 5 N–H and O–H groups in total. The van der Waals surface area contributed by atoms with Crippen LogP contribution in [-0.2, 0) is 9.53 Å². The standard InChI is InChI=1S/C25H33ClN4O5/c1-34-22-13-20(27)19(26)12-17(22)25(33)29-21-8-10-30(14-23(21)35-2)11-9-28-24(32)18(15-31)16-6-4-3-5-7-16/h3-7,12-13,18,21,23,31H,8-11,14-15,27H2,1-2H3,(H,28,32)(H,29,33)/t18?,21-,23+/m0/s1. The first kappa shape index (κ1) is 26.7. The lowest BCUT2D eigenvalue weighted by molar-refractivity contribution is -0.123. The van der Waals surface area contributed by atoms with E-state index in [9.17, 15) is 14.7 Å². The van der Waals surface area contributed by atoms with Crippen molar-refractivity contribution in [2.45, 2.75) is 24.5 Å². The van der Waals surface area contributed by atoms with E-state index in [4.69, 9.17) is 26.8 Å². The molecule has 35 heavy (non-hydrogen) atoms. The molecule has 2 amide bonds. The number of anilines is 1. The molecule has 1 aliphatic heterocycles. The van der Waals surface area contributed by atoms with Crippen LogP contribution in [0, 0.1) is 0 Å². The van der Waals surface area contributed by atoms with Gasteiger partial charge < -0.3 is 30.9 Å². The third-order valence-corrected chi connectivity index (χ3v) is 6.58. The summed E-state index contributed by atoms with van der Waals surface area (Å²) in [6.45, 7) is 2.13. The molecule has 3 rings (SSSR count). The van der Waals surface area contributed by atoms with Gasteiger partial charge in [-0.1, -0.05) is 41.9 Å². The third kappa shape index (κ3) is 6.85. The van der Waals surface area contributed by atoms with Crippen LogP contribution in [-0.4, -0.2) is 81.0 Å². The first-order valence-corrected chi connectivity index (χ1v) is 11.9. The van der Waals surface area contributed by atoms with Gasteiger partial charge in [0.1, 0.15) is 5.75 Å². The lowest BCUT2D eigenvalue weighted by Crippen LogP contribution is -2.55. The summed E-state index contributed by atoms with van der Waals surface area (Å²) in [6, 6.07) is 12.0. The molecule has 2 aromatic carbocycles. The number of hydrogen-bond acceptors (Lipinski definition) is 7. The van der Waals surface area contributed by atoms with Crippen molar-refractivity contribution in [3.8, 4) is 5.75 Å². The van der Waals surface area contributed by atoms with E-state index in [2.05, 4.69) is 15.5 Å². The number of carbonyl (C=O) groups is 2. The van der Waals surface area contributed by atoms with Crippen LogP contribution in [0.3, 0.4) is 0 Å². The summed E-state index contributed by atoms with van der Waals surface area (Å²) in [5, 5.41) is 15.9. The number of rotatable bonds is 10. The van der Waals surface area contributed by atoms with Crippen LogP contribution in [0.1, 0.15) is 28.3 Å². The minimum atomic E-state index is -0.595. The minimum absolute atomic E-state index is 0.198. The highest BCUT2D eigenvalue weighted by molar-refractivity contribution is 6.33. The number of hydrogen-bond donors (Lipinski definition) is 4. The number of aliphatic hydroxyl groups excluding tert-OH is 1. The number of ether oxygens (including phenoxy) is 2. The molecule has 1 unspecified atom stereocenters. The van der Waals surface area contributed by atoms with Crippen LogP contribution >= 0.6 is 11.6 Å². The molecule has 3 atom stereocenters. The summed E-state index contributed by atoms with van der Waals surface area (Å²) in [6.07, 6.45) is 0.445. The van der Waals surface area contributed by atoms with E-state index >= 15 is 0 Å². The van der Waals surface area contributed by atoms with Crippen molar-refractivity contribution in [3.05, 3.63) is 58.6 Å². The monoisotopic (exact) mass is 504 g/mol. The lowest BCUT2D eigenvalue weighted by Gasteiger charge is -2.38. The van der Waals surface area contributed by atoms with Crippen molar-refractivity contribution in [1.29, 1.82) is 0 Å². The van der Waals surface area contributed by atoms with Gasteiger partial charge >= 0.3 is 0 Å². The van der Waals surface area contributed by atoms with E-state index in [1.54, 1.807) is 7.11 Å². The number of amides is 2. The Hall–Kier alpha value is -2.85. The van der Waals surface area contributed by atoms with Crippen molar-refractivity contribution in [2.24, 2.45) is 0 Å². The molecular weight excluding hydrogens is 472 g/mol. The Kier molecular flexibility index (Phi) is 9.73. The fraction of sp³-hybridized carbons (Fsp3) is 0.440. The first-order chi connectivity index (χ1) is 16.9. The Morgan fingerprint density at radius 3 is 2.66 bits per heavy atom. The molecule has 0 spiro atoms. The van der Waals surface area contributed by atoms with Crippen LogP contribution in [0.5, 0.6) is 5.75 Å². The summed E-state index contributed by atoms with van der Waals surface area (Å²) < 4.78 is 10.9. The summed E-state index contributed by atoms with van der Waals surface area (Å²) >= 11 is 6.10. The fourth-order valence-electron chi connectivity index (χ4n) is 4.23. The van der Waals surface area contributed by atoms with Gasteiger partial charge in [0, 0.05) is 39.4 Å². The number of nitrogens with zero attached hydrogens (tertiary/aromatic N) is 1. The van der Waals surface area contributed by atoms with Gasteiger partial charge in [0.25, 0.3) is 5.91 Å². The van der Waals surface area contributed by atoms with Crippen LogP contribution in [0.15, 0.2) is 42.5 Å². The average molecular weight is 505 g/mol. The maximum atomic E-state index is 12.9. The van der Waals surface area contributed by atoms with Gasteiger partial charge in [-0.25, -0.2) is 0 Å². The van der Waals surface area contributed by atoms with E-state index in [1.807, 2.05) is 30.3 Å². The second-order valence-electron chi connectivity index (χ2n) is 8.45. The molecule has 0 saturated carbocycles. The Morgan fingerprint density at radius 1 is 1.26 bits per heavy atom. The van der Waals surface area contributed by atoms with Gasteiger partial charge in [0.2, 0.25) is 5.91 Å². The summed E-state index contributed by atoms with van der Waals surface area (Å²) in [7, 11) is 3.08. The average Bonchev–Trinajstić information content (AvgIpc) is 2.87. The van der Waals surface area contributed by atoms with Crippen molar-refractivity contribution in [1.82, 2.24) is 15.5 Å². The number of aliphatic hydroxyl groups is 1. The largest absolute Gasteiger partial charge is 0.496 e. The molecular formula is C25H33ClN4O5. The third-order valence-electron chi connectivity index (χ3n) is 6.25. The number of benzene rings is 2. The quantitative estimate of drug-likeness (QED) is 0.362. The van der Waals surface area contributed by atoms with Crippen molar-refractivity contribution in [3.63, 3.8) is 0 Å². The van der Waals surface area contributed by atoms with Gasteiger partial charge in [-0.2, -0.15) is 0 Å². The van der Waals surface area contributed by atoms with E-state index in [0.29, 0.717) is 43.1 Å². The second kappa shape index (κ2) is 12.7. The van der Waals surface area contributed by atoms with E-state index in [-0.39, 0.29) is 35.6 Å². The lowest BCUT2D eigenvalue weighted by atomic mass is 9.99. The number of likely N-dealkylation sites (tertiary alicyclic amines) is 1.